The quantitative estimate of drug-likeness (QED) is 0.807. The van der Waals surface area contributed by atoms with Gasteiger partial charge in [-0.1, -0.05) is 20.8 Å². The van der Waals surface area contributed by atoms with Gasteiger partial charge in [0.05, 0.1) is 11.6 Å². The highest BCUT2D eigenvalue weighted by Gasteiger charge is 2.30. The van der Waals surface area contributed by atoms with E-state index in [-0.39, 0.29) is 23.1 Å². The standard InChI is InChI=1S/C14H19F2NO2/c1-7(2)4-8(3)12(14(18)19)10-5-9(15)6-11(16)13(10)17/h5-8,12H,4,17H2,1-3H3,(H,18,19). The van der Waals surface area contributed by atoms with Crippen LogP contribution in [-0.4, -0.2) is 11.1 Å². The van der Waals surface area contributed by atoms with E-state index in [2.05, 4.69) is 0 Å². The predicted octanol–water partition coefficient (Wildman–Crippen LogP) is 3.40. The summed E-state index contributed by atoms with van der Waals surface area (Å²) < 4.78 is 26.7. The zero-order valence-corrected chi connectivity index (χ0v) is 11.3. The van der Waals surface area contributed by atoms with E-state index in [1.165, 1.54) is 0 Å². The number of halogens is 2. The number of aliphatic carboxylic acids is 1. The molecule has 0 heterocycles. The number of anilines is 1. The third-order valence-electron chi connectivity index (χ3n) is 3.14. The molecule has 0 fully saturated rings. The molecule has 0 amide bonds. The van der Waals surface area contributed by atoms with Crippen molar-refractivity contribution in [1.82, 2.24) is 0 Å². The van der Waals surface area contributed by atoms with Crippen molar-refractivity contribution in [1.29, 1.82) is 0 Å². The van der Waals surface area contributed by atoms with E-state index in [1.807, 2.05) is 13.8 Å². The third-order valence-corrected chi connectivity index (χ3v) is 3.14. The molecule has 1 rings (SSSR count). The molecule has 0 aliphatic rings. The van der Waals surface area contributed by atoms with E-state index < -0.39 is 23.5 Å². The smallest absolute Gasteiger partial charge is 0.311 e. The van der Waals surface area contributed by atoms with Gasteiger partial charge in [-0.3, -0.25) is 4.79 Å². The number of rotatable bonds is 5. The molecular weight excluding hydrogens is 252 g/mol. The van der Waals surface area contributed by atoms with Crippen LogP contribution in [0, 0.1) is 23.5 Å². The molecule has 0 aliphatic heterocycles. The van der Waals surface area contributed by atoms with Gasteiger partial charge in [-0.2, -0.15) is 0 Å². The van der Waals surface area contributed by atoms with Crippen molar-refractivity contribution in [2.45, 2.75) is 33.1 Å². The molecule has 2 unspecified atom stereocenters. The van der Waals surface area contributed by atoms with Gasteiger partial charge in [0, 0.05) is 6.07 Å². The van der Waals surface area contributed by atoms with Crippen molar-refractivity contribution in [2.24, 2.45) is 11.8 Å². The van der Waals surface area contributed by atoms with E-state index >= 15 is 0 Å². The second-order valence-electron chi connectivity index (χ2n) is 5.31. The van der Waals surface area contributed by atoms with Crippen molar-refractivity contribution in [2.75, 3.05) is 5.73 Å². The van der Waals surface area contributed by atoms with Gasteiger partial charge in [0.1, 0.15) is 11.6 Å². The average Bonchev–Trinajstić information content (AvgIpc) is 2.23. The summed E-state index contributed by atoms with van der Waals surface area (Å²) in [5, 5.41) is 9.32. The van der Waals surface area contributed by atoms with Gasteiger partial charge in [0.15, 0.2) is 0 Å². The number of nitrogens with two attached hydrogens (primary N) is 1. The Bertz CT molecular complexity index is 475. The predicted molar refractivity (Wildman–Crippen MR) is 69.8 cm³/mol. The molecule has 5 heteroatoms. The minimum absolute atomic E-state index is 0.0122. The summed E-state index contributed by atoms with van der Waals surface area (Å²) in [6.45, 7) is 5.68. The number of hydrogen-bond donors (Lipinski definition) is 2. The SMILES string of the molecule is CC(C)CC(C)C(C(=O)O)c1cc(F)cc(F)c1N. The van der Waals surface area contributed by atoms with Gasteiger partial charge < -0.3 is 10.8 Å². The van der Waals surface area contributed by atoms with Crippen molar-refractivity contribution in [3.63, 3.8) is 0 Å². The van der Waals surface area contributed by atoms with E-state index in [0.29, 0.717) is 12.5 Å². The van der Waals surface area contributed by atoms with E-state index in [4.69, 9.17) is 5.73 Å². The van der Waals surface area contributed by atoms with Crippen LogP contribution < -0.4 is 5.73 Å². The maximum absolute atomic E-state index is 13.4. The molecule has 1 aromatic carbocycles. The number of carboxylic acid groups (broad SMARTS) is 1. The van der Waals surface area contributed by atoms with Crippen molar-refractivity contribution in [3.8, 4) is 0 Å². The fourth-order valence-corrected chi connectivity index (χ4v) is 2.42. The highest BCUT2D eigenvalue weighted by Crippen LogP contribution is 2.34. The minimum Gasteiger partial charge on any atom is -0.481 e. The van der Waals surface area contributed by atoms with E-state index in [0.717, 1.165) is 6.07 Å². The van der Waals surface area contributed by atoms with Gasteiger partial charge in [0.2, 0.25) is 0 Å². The first kappa shape index (κ1) is 15.4. The molecule has 0 aliphatic carbocycles. The van der Waals surface area contributed by atoms with Crippen molar-refractivity contribution >= 4 is 11.7 Å². The largest absolute Gasteiger partial charge is 0.481 e. The number of carboxylic acids is 1. The molecule has 2 atom stereocenters. The number of hydrogen-bond acceptors (Lipinski definition) is 2. The Kier molecular flexibility index (Phi) is 4.86. The lowest BCUT2D eigenvalue weighted by atomic mass is 9.81. The molecule has 0 bridgehead atoms. The summed E-state index contributed by atoms with van der Waals surface area (Å²) in [7, 11) is 0. The summed E-state index contributed by atoms with van der Waals surface area (Å²) in [6.07, 6.45) is 0.633. The summed E-state index contributed by atoms with van der Waals surface area (Å²) >= 11 is 0. The van der Waals surface area contributed by atoms with Crippen molar-refractivity contribution < 1.29 is 18.7 Å². The maximum Gasteiger partial charge on any atom is 0.311 e. The third kappa shape index (κ3) is 3.66. The Morgan fingerprint density at radius 1 is 1.32 bits per heavy atom. The Morgan fingerprint density at radius 2 is 1.89 bits per heavy atom. The lowest BCUT2D eigenvalue weighted by molar-refractivity contribution is -0.140. The Hall–Kier alpha value is -1.65. The van der Waals surface area contributed by atoms with Gasteiger partial charge in [-0.25, -0.2) is 8.78 Å². The number of carbonyl (C=O) groups is 1. The zero-order chi connectivity index (χ0) is 14.7. The number of nitrogen functional groups attached to an aromatic ring is 1. The molecule has 0 spiro atoms. The van der Waals surface area contributed by atoms with Crippen LogP contribution in [0.1, 0.15) is 38.7 Å². The summed E-state index contributed by atoms with van der Waals surface area (Å²) in [5.74, 6) is -3.84. The van der Waals surface area contributed by atoms with E-state index in [1.54, 1.807) is 6.92 Å². The molecule has 106 valence electrons. The monoisotopic (exact) mass is 271 g/mol. The van der Waals surface area contributed by atoms with Gasteiger partial charge in [0.25, 0.3) is 0 Å². The average molecular weight is 271 g/mol. The highest BCUT2D eigenvalue weighted by molar-refractivity contribution is 5.79. The summed E-state index contributed by atoms with van der Waals surface area (Å²) in [5.41, 5.74) is 5.28. The van der Waals surface area contributed by atoms with Crippen LogP contribution in [0.5, 0.6) is 0 Å². The molecule has 0 aromatic heterocycles. The molecule has 3 nitrogen and oxygen atoms in total. The molecule has 3 N–H and O–H groups in total. The van der Waals surface area contributed by atoms with Gasteiger partial charge in [-0.15, -0.1) is 0 Å². The van der Waals surface area contributed by atoms with Crippen LogP contribution in [0.25, 0.3) is 0 Å². The van der Waals surface area contributed by atoms with Crippen LogP contribution in [0.4, 0.5) is 14.5 Å². The molecule has 0 saturated carbocycles. The highest BCUT2D eigenvalue weighted by atomic mass is 19.1. The first-order chi connectivity index (χ1) is 8.73. The molecule has 19 heavy (non-hydrogen) atoms. The molecule has 0 radical (unpaired) electrons. The lowest BCUT2D eigenvalue weighted by Crippen LogP contribution is -2.22. The molecule has 0 saturated heterocycles. The van der Waals surface area contributed by atoms with Crippen LogP contribution in [-0.2, 0) is 4.79 Å². The number of benzene rings is 1. The Balaban J connectivity index is 3.23. The first-order valence-corrected chi connectivity index (χ1v) is 6.21. The summed E-state index contributed by atoms with van der Waals surface area (Å²) in [6, 6.07) is 1.67. The Labute approximate surface area is 111 Å². The maximum atomic E-state index is 13.4. The minimum atomic E-state index is -1.12. The second kappa shape index (κ2) is 5.99. The van der Waals surface area contributed by atoms with Crippen molar-refractivity contribution in [3.05, 3.63) is 29.3 Å². The van der Waals surface area contributed by atoms with E-state index in [9.17, 15) is 18.7 Å². The normalized spacial score (nSPS) is 14.4. The van der Waals surface area contributed by atoms with Crippen LogP contribution in [0.3, 0.4) is 0 Å². The lowest BCUT2D eigenvalue weighted by Gasteiger charge is -2.23. The molecular formula is C14H19F2NO2. The zero-order valence-electron chi connectivity index (χ0n) is 11.3. The van der Waals surface area contributed by atoms with Gasteiger partial charge in [-0.05, 0) is 29.9 Å². The topological polar surface area (TPSA) is 63.3 Å². The fraction of sp³-hybridized carbons (Fsp3) is 0.500. The first-order valence-electron chi connectivity index (χ1n) is 6.21. The van der Waals surface area contributed by atoms with Crippen LogP contribution in [0.2, 0.25) is 0 Å². The second-order valence-corrected chi connectivity index (χ2v) is 5.31. The fourth-order valence-electron chi connectivity index (χ4n) is 2.42. The van der Waals surface area contributed by atoms with Crippen LogP contribution >= 0.6 is 0 Å². The summed E-state index contributed by atoms with van der Waals surface area (Å²) in [4.78, 5) is 11.4. The molecule has 1 aromatic rings. The van der Waals surface area contributed by atoms with Gasteiger partial charge >= 0.3 is 5.97 Å². The van der Waals surface area contributed by atoms with Crippen LogP contribution in [0.15, 0.2) is 12.1 Å². The Morgan fingerprint density at radius 3 is 2.37 bits per heavy atom.